The summed E-state index contributed by atoms with van der Waals surface area (Å²) in [5, 5.41) is 0. The third-order valence-corrected chi connectivity index (χ3v) is 2.77. The first-order valence-electron chi connectivity index (χ1n) is 6.46. The van der Waals surface area contributed by atoms with Crippen molar-refractivity contribution < 1.29 is 35.5 Å². The van der Waals surface area contributed by atoms with Crippen molar-refractivity contribution in [3.63, 3.8) is 0 Å². The summed E-state index contributed by atoms with van der Waals surface area (Å²) >= 11 is 0. The van der Waals surface area contributed by atoms with Crippen molar-refractivity contribution in [1.29, 1.82) is 0 Å². The van der Waals surface area contributed by atoms with E-state index in [1.54, 1.807) is 24.3 Å². The number of benzene rings is 2. The highest BCUT2D eigenvalue weighted by Gasteiger charge is 2.29. The van der Waals surface area contributed by atoms with Crippen LogP contribution in [0, 0.1) is 0 Å². The summed E-state index contributed by atoms with van der Waals surface area (Å²) in [6.07, 6.45) is -4.34. The van der Waals surface area contributed by atoms with Crippen LogP contribution in [0.3, 0.4) is 0 Å². The lowest BCUT2D eigenvalue weighted by atomic mass is 10.1. The van der Waals surface area contributed by atoms with Crippen molar-refractivity contribution in [3.05, 3.63) is 70.8 Å². The van der Waals surface area contributed by atoms with E-state index in [4.69, 9.17) is 9.15 Å². The molecule has 0 spiro atoms. The van der Waals surface area contributed by atoms with Gasteiger partial charge in [-0.15, -0.1) is 0 Å². The molecule has 0 atom stereocenters. The third-order valence-electron chi connectivity index (χ3n) is 2.77. The lowest BCUT2D eigenvalue weighted by molar-refractivity contribution is -0.137. The number of alkyl halides is 6. The minimum Gasteiger partial charge on any atom is -0.246 e. The van der Waals surface area contributed by atoms with Gasteiger partial charge in [0.15, 0.2) is 0 Å². The molecule has 0 amide bonds. The van der Waals surface area contributed by atoms with E-state index in [0.29, 0.717) is 11.1 Å². The molecule has 8 heteroatoms. The van der Waals surface area contributed by atoms with Gasteiger partial charge in [-0.3, -0.25) is 0 Å². The molecule has 0 aliphatic heterocycles. The quantitative estimate of drug-likeness (QED) is 0.540. The second kappa shape index (κ2) is 11.4. The van der Waals surface area contributed by atoms with Crippen molar-refractivity contribution in [1.82, 2.24) is 0 Å². The Morgan fingerprint density at radius 1 is 0.542 bits per heavy atom. The zero-order chi connectivity index (χ0) is 18.6. The summed E-state index contributed by atoms with van der Waals surface area (Å²) in [5.41, 5.74) is 0.692. The molecule has 2 aromatic rings. The van der Waals surface area contributed by atoms with E-state index in [9.17, 15) is 26.3 Å². The highest BCUT2D eigenvalue weighted by molar-refractivity contribution is 5.24. The smallest absolute Gasteiger partial charge is 0.246 e. The maximum absolute atomic E-state index is 11.9. The molecule has 0 aliphatic carbocycles. The van der Waals surface area contributed by atoms with Crippen LogP contribution in [-0.4, -0.2) is 0 Å². The fourth-order valence-corrected chi connectivity index (χ4v) is 1.50. The van der Waals surface area contributed by atoms with Gasteiger partial charge in [0.25, 0.3) is 0 Å². The average molecular weight is 358 g/mol. The van der Waals surface area contributed by atoms with Crippen LogP contribution in [0.2, 0.25) is 0 Å². The number of hydrogen-bond donors (Lipinski definition) is 0. The van der Waals surface area contributed by atoms with Crippen molar-refractivity contribution in [2.24, 2.45) is 0 Å². The van der Waals surface area contributed by atoms with Crippen LogP contribution in [0.25, 0.3) is 0 Å². The Balaban J connectivity index is 0.000000405. The van der Waals surface area contributed by atoms with Gasteiger partial charge in [-0.1, -0.05) is 36.4 Å². The fraction of sp³-hybridized carbons (Fsp3) is 0.250. The molecule has 0 saturated heterocycles. The molecular formula is C16H14F8. The van der Waals surface area contributed by atoms with E-state index in [0.717, 1.165) is 24.3 Å². The summed E-state index contributed by atoms with van der Waals surface area (Å²) in [6.45, 7) is -1.70. The van der Waals surface area contributed by atoms with Gasteiger partial charge in [0, 0.05) is 9.15 Å². The number of hydrogen-bond acceptors (Lipinski definition) is 0. The lowest BCUT2D eigenvalue weighted by Gasteiger charge is -2.05. The van der Waals surface area contributed by atoms with Crippen LogP contribution in [0.1, 0.15) is 22.3 Å². The van der Waals surface area contributed by atoms with Gasteiger partial charge in [0.05, 0.1) is 5.56 Å². The molecular weight excluding hydrogens is 344 g/mol. The molecule has 0 fully saturated rings. The second-order valence-electron chi connectivity index (χ2n) is 4.41. The Kier molecular flexibility index (Phi) is 10.4. The van der Waals surface area contributed by atoms with Crippen LogP contribution in [0.5, 0.6) is 0 Å². The fourth-order valence-electron chi connectivity index (χ4n) is 1.50. The van der Waals surface area contributed by atoms with Gasteiger partial charge in [-0.05, 0) is 28.8 Å². The molecule has 0 bridgehead atoms. The van der Waals surface area contributed by atoms with Gasteiger partial charge in [0.1, 0.15) is 20.0 Å². The highest BCUT2D eigenvalue weighted by Crippen LogP contribution is 2.29. The van der Waals surface area contributed by atoms with Crippen LogP contribution in [0.15, 0.2) is 48.5 Å². The van der Waals surface area contributed by atoms with Crippen molar-refractivity contribution in [3.8, 4) is 0 Å². The van der Waals surface area contributed by atoms with Crippen molar-refractivity contribution in [2.75, 3.05) is 0 Å². The topological polar surface area (TPSA) is 0 Å². The highest BCUT2D eigenvalue weighted by atomic mass is 20.0. The Morgan fingerprint density at radius 3 is 1.00 bits per heavy atom. The molecule has 0 aromatic heterocycles. The Hall–Kier alpha value is -2.12. The first-order chi connectivity index (χ1) is 11.4. The zero-order valence-electron chi connectivity index (χ0n) is 12.3. The van der Waals surface area contributed by atoms with E-state index in [1.165, 1.54) is 0 Å². The minimum atomic E-state index is -4.34. The minimum absolute atomic E-state index is 0.253. The monoisotopic (exact) mass is 358 g/mol. The Bertz CT molecular complexity index is 523. The maximum atomic E-state index is 11.9. The largest absolute Gasteiger partial charge is 0.416 e. The average Bonchev–Trinajstić information content (AvgIpc) is 2.63. The number of halogens is 8. The second-order valence-corrected chi connectivity index (χ2v) is 4.41. The van der Waals surface area contributed by atoms with Gasteiger partial charge in [0.2, 0.25) is 0 Å². The summed E-state index contributed by atoms with van der Waals surface area (Å²) in [6, 6.07) is 10.4. The summed E-state index contributed by atoms with van der Waals surface area (Å²) < 4.78 is 87.4. The third kappa shape index (κ3) is 7.94. The molecule has 134 valence electrons. The van der Waals surface area contributed by atoms with Gasteiger partial charge in [-0.25, -0.2) is 13.2 Å². The van der Waals surface area contributed by atoms with E-state index < -0.39 is 31.8 Å². The molecule has 24 heavy (non-hydrogen) atoms. The van der Waals surface area contributed by atoms with Crippen LogP contribution in [-0.2, 0) is 26.2 Å². The normalized spacial score (nSPS) is 10.2. The molecule has 0 aliphatic rings. The summed E-state index contributed by atoms with van der Waals surface area (Å²) in [4.78, 5) is 0. The Labute approximate surface area is 133 Å². The molecule has 0 nitrogen and oxygen atoms in total. The first-order valence-corrected chi connectivity index (χ1v) is 6.46. The first kappa shape index (κ1) is 21.9. The van der Waals surface area contributed by atoms with E-state index in [1.807, 2.05) is 0 Å². The van der Waals surface area contributed by atoms with Gasteiger partial charge in [-0.2, -0.15) is 13.2 Å². The maximum Gasteiger partial charge on any atom is 0.416 e. The predicted molar refractivity (Wildman–Crippen MR) is 74.5 cm³/mol. The molecule has 2 rings (SSSR count). The Morgan fingerprint density at radius 2 is 0.792 bits per heavy atom. The van der Waals surface area contributed by atoms with Gasteiger partial charge < -0.3 is 0 Å². The van der Waals surface area contributed by atoms with E-state index in [2.05, 4.69) is 0 Å². The van der Waals surface area contributed by atoms with E-state index in [-0.39, 0.29) is 5.56 Å². The molecule has 0 N–H and O–H groups in total. The molecule has 0 radical (unpaired) electrons. The SMILES string of the molecule is FCc1ccc(C(F)(F)F)cc1.FCc1ccc(CF)cc1.FF. The molecule has 0 unspecified atom stereocenters. The predicted octanol–water partition coefficient (Wildman–Crippen LogP) is 6.64. The van der Waals surface area contributed by atoms with Gasteiger partial charge >= 0.3 is 6.18 Å². The van der Waals surface area contributed by atoms with Crippen LogP contribution >= 0.6 is 0 Å². The van der Waals surface area contributed by atoms with Crippen molar-refractivity contribution >= 4 is 0 Å². The summed E-state index contributed by atoms with van der Waals surface area (Å²) in [7, 11) is 0. The summed E-state index contributed by atoms with van der Waals surface area (Å²) in [5.74, 6) is 0. The lowest BCUT2D eigenvalue weighted by Crippen LogP contribution is -2.04. The number of rotatable bonds is 3. The van der Waals surface area contributed by atoms with Crippen molar-refractivity contribution in [2.45, 2.75) is 26.2 Å². The molecule has 0 saturated carbocycles. The standard InChI is InChI=1S/C8H6F4.C8H8F2.F2/c9-5-6-1-3-7(4-2-6)8(10,11)12;9-5-7-1-2-8(6-10)4-3-7;1-2/h1-4H,5H2;1-4H,5-6H2;. The zero-order valence-corrected chi connectivity index (χ0v) is 12.3. The van der Waals surface area contributed by atoms with Crippen LogP contribution < -0.4 is 0 Å². The molecule has 2 aromatic carbocycles. The molecule has 0 heterocycles. The van der Waals surface area contributed by atoms with E-state index >= 15 is 0 Å². The van der Waals surface area contributed by atoms with Crippen LogP contribution in [0.4, 0.5) is 35.5 Å².